The van der Waals surface area contributed by atoms with Crippen molar-refractivity contribution < 1.29 is 18.3 Å². The topological polar surface area (TPSA) is 63.3 Å². The summed E-state index contributed by atoms with van der Waals surface area (Å²) in [5.41, 5.74) is -0.319. The molecule has 0 spiro atoms. The van der Waals surface area contributed by atoms with Crippen molar-refractivity contribution in [2.45, 2.75) is 37.1 Å². The molecular formula is C15H14ClF3N4OS. The van der Waals surface area contributed by atoms with Gasteiger partial charge in [-0.15, -0.1) is 22.0 Å². The van der Waals surface area contributed by atoms with Gasteiger partial charge in [0.15, 0.2) is 5.65 Å². The Morgan fingerprint density at radius 3 is 2.60 bits per heavy atom. The van der Waals surface area contributed by atoms with Crippen molar-refractivity contribution in [3.05, 3.63) is 29.0 Å². The van der Waals surface area contributed by atoms with E-state index < -0.39 is 17.6 Å². The highest BCUT2D eigenvalue weighted by Gasteiger charge is 2.38. The lowest BCUT2D eigenvalue weighted by atomic mass is 10.1. The predicted octanol–water partition coefficient (Wildman–Crippen LogP) is 4.20. The molecule has 0 radical (unpaired) electrons. The number of alkyl halides is 3. The van der Waals surface area contributed by atoms with E-state index >= 15 is 0 Å². The lowest BCUT2D eigenvalue weighted by molar-refractivity contribution is -0.145. The summed E-state index contributed by atoms with van der Waals surface area (Å²) in [7, 11) is 0. The number of thioether (sulfide) groups is 1. The molecular weight excluding hydrogens is 377 g/mol. The number of halogens is 4. The molecule has 1 aromatic carbocycles. The zero-order valence-electron chi connectivity index (χ0n) is 13.3. The molecule has 1 N–H and O–H groups in total. The Hall–Kier alpha value is -1.58. The molecule has 25 heavy (non-hydrogen) atoms. The zero-order valence-corrected chi connectivity index (χ0v) is 14.9. The van der Waals surface area contributed by atoms with E-state index in [0.29, 0.717) is 27.7 Å². The van der Waals surface area contributed by atoms with Gasteiger partial charge in [-0.1, -0.05) is 11.6 Å². The molecule has 10 heteroatoms. The van der Waals surface area contributed by atoms with Gasteiger partial charge in [-0.3, -0.25) is 4.40 Å². The van der Waals surface area contributed by atoms with Crippen molar-refractivity contribution >= 4 is 40.0 Å². The standard InChI is InChI=1S/C15H14ClF3N4OS/c1-14(2,24)5-6-25-12-11-21-22-13(15(17,18)19)23(11)10-7-8(16)3-4-9(10)20-12/h3-4,7,24H,5-6H2,1-2H3. The maximum absolute atomic E-state index is 13.3. The number of aliphatic hydroxyl groups is 1. The molecule has 0 bridgehead atoms. The van der Waals surface area contributed by atoms with Crippen molar-refractivity contribution in [1.82, 2.24) is 19.6 Å². The summed E-state index contributed by atoms with van der Waals surface area (Å²) in [6.07, 6.45) is -4.21. The van der Waals surface area contributed by atoms with Crippen molar-refractivity contribution in [2.24, 2.45) is 0 Å². The third-order valence-corrected chi connectivity index (χ3v) is 4.65. The van der Waals surface area contributed by atoms with Crippen LogP contribution in [0.4, 0.5) is 13.2 Å². The van der Waals surface area contributed by atoms with Crippen molar-refractivity contribution in [3.8, 4) is 0 Å². The van der Waals surface area contributed by atoms with E-state index in [0.717, 1.165) is 4.40 Å². The summed E-state index contributed by atoms with van der Waals surface area (Å²) in [6, 6.07) is 4.52. The van der Waals surface area contributed by atoms with Gasteiger partial charge in [0.1, 0.15) is 5.03 Å². The van der Waals surface area contributed by atoms with Gasteiger partial charge in [0, 0.05) is 10.8 Å². The number of aromatic nitrogens is 4. The first-order valence-corrected chi connectivity index (χ1v) is 8.69. The van der Waals surface area contributed by atoms with Gasteiger partial charge in [0.2, 0.25) is 5.82 Å². The number of nitrogens with zero attached hydrogens (tertiary/aromatic N) is 4. The van der Waals surface area contributed by atoms with Gasteiger partial charge in [-0.25, -0.2) is 4.98 Å². The summed E-state index contributed by atoms with van der Waals surface area (Å²) < 4.78 is 40.8. The molecule has 134 valence electrons. The Kier molecular flexibility index (Phi) is 4.59. The molecule has 0 aliphatic rings. The Labute approximate surface area is 150 Å². The minimum absolute atomic E-state index is 0.0165. The van der Waals surface area contributed by atoms with Crippen molar-refractivity contribution in [3.63, 3.8) is 0 Å². The van der Waals surface area contributed by atoms with Crippen LogP contribution >= 0.6 is 23.4 Å². The second-order valence-corrected chi connectivity index (χ2v) is 7.66. The molecule has 5 nitrogen and oxygen atoms in total. The van der Waals surface area contributed by atoms with Gasteiger partial charge >= 0.3 is 6.18 Å². The second kappa shape index (κ2) is 6.30. The highest BCUT2D eigenvalue weighted by Crippen LogP contribution is 2.34. The van der Waals surface area contributed by atoms with Crippen molar-refractivity contribution in [1.29, 1.82) is 0 Å². The van der Waals surface area contributed by atoms with E-state index in [1.54, 1.807) is 26.0 Å². The van der Waals surface area contributed by atoms with Crippen LogP contribution < -0.4 is 0 Å². The maximum Gasteiger partial charge on any atom is 0.452 e. The quantitative estimate of drug-likeness (QED) is 0.676. The Bertz CT molecular complexity index is 936. The molecule has 0 saturated carbocycles. The van der Waals surface area contributed by atoms with E-state index in [1.165, 1.54) is 17.8 Å². The molecule has 0 unspecified atom stereocenters. The smallest absolute Gasteiger partial charge is 0.390 e. The van der Waals surface area contributed by atoms with E-state index in [1.807, 2.05) is 0 Å². The van der Waals surface area contributed by atoms with Crippen LogP contribution in [-0.4, -0.2) is 36.0 Å². The summed E-state index contributed by atoms with van der Waals surface area (Å²) in [4.78, 5) is 4.39. The normalized spacial score (nSPS) is 13.1. The van der Waals surface area contributed by atoms with Gasteiger partial charge < -0.3 is 5.11 Å². The fraction of sp³-hybridized carbons (Fsp3) is 0.400. The Morgan fingerprint density at radius 1 is 1.24 bits per heavy atom. The fourth-order valence-electron chi connectivity index (χ4n) is 2.26. The third kappa shape index (κ3) is 3.83. The van der Waals surface area contributed by atoms with Gasteiger partial charge in [0.05, 0.1) is 16.6 Å². The predicted molar refractivity (Wildman–Crippen MR) is 89.9 cm³/mol. The van der Waals surface area contributed by atoms with Crippen LogP contribution in [0.1, 0.15) is 26.1 Å². The average molecular weight is 391 g/mol. The molecule has 0 amide bonds. The summed E-state index contributed by atoms with van der Waals surface area (Å²) >= 11 is 7.16. The molecule has 2 aromatic heterocycles. The summed E-state index contributed by atoms with van der Waals surface area (Å²) in [5.74, 6) is -0.652. The summed E-state index contributed by atoms with van der Waals surface area (Å²) in [6.45, 7) is 3.33. The fourth-order valence-corrected chi connectivity index (χ4v) is 3.64. The van der Waals surface area contributed by atoms with Crippen LogP contribution in [0.3, 0.4) is 0 Å². The number of benzene rings is 1. The number of hydrogen-bond acceptors (Lipinski definition) is 5. The first kappa shape index (κ1) is 18.2. The molecule has 2 heterocycles. The van der Waals surface area contributed by atoms with Crippen LogP contribution in [0.15, 0.2) is 23.2 Å². The Balaban J connectivity index is 2.17. The molecule has 0 atom stereocenters. The van der Waals surface area contributed by atoms with Crippen LogP contribution in [0.5, 0.6) is 0 Å². The van der Waals surface area contributed by atoms with Crippen LogP contribution in [-0.2, 0) is 6.18 Å². The third-order valence-electron chi connectivity index (χ3n) is 3.46. The SMILES string of the molecule is CC(C)(O)CCSc1nc2ccc(Cl)cc2n2c(C(F)(F)F)nnc12. The zero-order chi connectivity index (χ0) is 18.4. The highest BCUT2D eigenvalue weighted by molar-refractivity contribution is 7.99. The first-order valence-electron chi connectivity index (χ1n) is 7.33. The maximum atomic E-state index is 13.3. The van der Waals surface area contributed by atoms with Gasteiger partial charge in [-0.05, 0) is 38.5 Å². The molecule has 3 aromatic rings. The van der Waals surface area contributed by atoms with E-state index in [-0.39, 0.29) is 11.2 Å². The number of rotatable bonds is 4. The van der Waals surface area contributed by atoms with E-state index in [9.17, 15) is 18.3 Å². The van der Waals surface area contributed by atoms with Gasteiger partial charge in [-0.2, -0.15) is 13.2 Å². The van der Waals surface area contributed by atoms with Gasteiger partial charge in [0.25, 0.3) is 0 Å². The largest absolute Gasteiger partial charge is 0.452 e. The molecule has 0 saturated heterocycles. The lowest BCUT2D eigenvalue weighted by Gasteiger charge is -2.16. The van der Waals surface area contributed by atoms with E-state index in [4.69, 9.17) is 11.6 Å². The Morgan fingerprint density at radius 2 is 1.96 bits per heavy atom. The minimum Gasteiger partial charge on any atom is -0.390 e. The molecule has 0 fully saturated rings. The first-order chi connectivity index (χ1) is 11.6. The summed E-state index contributed by atoms with van der Waals surface area (Å²) in [5, 5.41) is 17.4. The second-order valence-electron chi connectivity index (χ2n) is 6.14. The van der Waals surface area contributed by atoms with Crippen molar-refractivity contribution in [2.75, 3.05) is 5.75 Å². The highest BCUT2D eigenvalue weighted by atomic mass is 35.5. The molecule has 0 aliphatic carbocycles. The lowest BCUT2D eigenvalue weighted by Crippen LogP contribution is -2.19. The molecule has 0 aliphatic heterocycles. The number of hydrogen-bond donors (Lipinski definition) is 1. The van der Waals surface area contributed by atoms with E-state index in [2.05, 4.69) is 15.2 Å². The average Bonchev–Trinajstić information content (AvgIpc) is 2.92. The monoisotopic (exact) mass is 390 g/mol. The number of fused-ring (bicyclic) bond motifs is 3. The van der Waals surface area contributed by atoms with Crippen LogP contribution in [0.25, 0.3) is 16.7 Å². The minimum atomic E-state index is -4.66. The molecule has 3 rings (SSSR count). The van der Waals surface area contributed by atoms with Crippen LogP contribution in [0, 0.1) is 0 Å². The van der Waals surface area contributed by atoms with Crippen LogP contribution in [0.2, 0.25) is 5.02 Å².